The molecule has 0 radical (unpaired) electrons. The van der Waals surface area contributed by atoms with Gasteiger partial charge in [-0.15, -0.1) is 11.8 Å². The Kier molecular flexibility index (Phi) is 4.24. The average Bonchev–Trinajstić information content (AvgIpc) is 3.00. The number of carbonyl (C=O) groups is 2. The Hall–Kier alpha value is -0.710. The zero-order valence-electron chi connectivity index (χ0n) is 12.2. The molecule has 5 heteroatoms. The van der Waals surface area contributed by atoms with E-state index >= 15 is 0 Å². The van der Waals surface area contributed by atoms with E-state index < -0.39 is 0 Å². The summed E-state index contributed by atoms with van der Waals surface area (Å²) in [6, 6.07) is -0.192. The zero-order chi connectivity index (χ0) is 14.1. The number of rotatable bonds is 4. The van der Waals surface area contributed by atoms with Crippen LogP contribution in [0.25, 0.3) is 0 Å². The number of carbonyl (C=O) groups excluding carboxylic acids is 2. The SMILES string of the molecule is CCCC1SCC(C(=O)N2CCCC2)N1C(=O)C1CC1. The quantitative estimate of drug-likeness (QED) is 0.797. The summed E-state index contributed by atoms with van der Waals surface area (Å²) >= 11 is 1.80. The van der Waals surface area contributed by atoms with Crippen molar-refractivity contribution in [2.75, 3.05) is 18.8 Å². The van der Waals surface area contributed by atoms with Crippen molar-refractivity contribution in [2.24, 2.45) is 5.92 Å². The van der Waals surface area contributed by atoms with E-state index in [1.54, 1.807) is 11.8 Å². The first-order chi connectivity index (χ1) is 9.72. The van der Waals surface area contributed by atoms with E-state index in [0.29, 0.717) is 0 Å². The van der Waals surface area contributed by atoms with Crippen molar-refractivity contribution in [2.45, 2.75) is 56.9 Å². The summed E-state index contributed by atoms with van der Waals surface area (Å²) < 4.78 is 0. The summed E-state index contributed by atoms with van der Waals surface area (Å²) in [5, 5.41) is 0.227. The lowest BCUT2D eigenvalue weighted by atomic mass is 10.2. The summed E-state index contributed by atoms with van der Waals surface area (Å²) in [5.74, 6) is 1.44. The monoisotopic (exact) mass is 296 g/mol. The molecule has 4 nitrogen and oxygen atoms in total. The molecule has 2 amide bonds. The molecule has 0 aromatic heterocycles. The standard InChI is InChI=1S/C15H24N2O2S/c1-2-5-13-17(14(18)11-6-7-11)12(10-20-13)15(19)16-8-3-4-9-16/h11-13H,2-10H2,1H3. The van der Waals surface area contributed by atoms with Crippen molar-refractivity contribution in [3.8, 4) is 0 Å². The molecule has 1 saturated carbocycles. The predicted octanol–water partition coefficient (Wildman–Crippen LogP) is 2.09. The van der Waals surface area contributed by atoms with E-state index in [0.717, 1.165) is 57.4 Å². The Morgan fingerprint density at radius 3 is 2.45 bits per heavy atom. The van der Waals surface area contributed by atoms with Crippen LogP contribution in [0.4, 0.5) is 0 Å². The molecule has 2 unspecified atom stereocenters. The van der Waals surface area contributed by atoms with Gasteiger partial charge in [0.25, 0.3) is 0 Å². The highest BCUT2D eigenvalue weighted by Crippen LogP contribution is 2.39. The molecule has 0 N–H and O–H groups in total. The first-order valence-corrected chi connectivity index (χ1v) is 8.99. The molecule has 112 valence electrons. The van der Waals surface area contributed by atoms with Gasteiger partial charge in [0.15, 0.2) is 0 Å². The van der Waals surface area contributed by atoms with Crippen LogP contribution in [0.2, 0.25) is 0 Å². The van der Waals surface area contributed by atoms with Gasteiger partial charge in [-0.1, -0.05) is 13.3 Å². The van der Waals surface area contributed by atoms with Crippen LogP contribution in [-0.2, 0) is 9.59 Å². The van der Waals surface area contributed by atoms with Gasteiger partial charge in [0.2, 0.25) is 11.8 Å². The van der Waals surface area contributed by atoms with Crippen LogP contribution in [0.5, 0.6) is 0 Å². The highest BCUT2D eigenvalue weighted by Gasteiger charge is 2.46. The molecule has 2 saturated heterocycles. The maximum atomic E-state index is 12.7. The molecule has 0 aromatic rings. The lowest BCUT2D eigenvalue weighted by Crippen LogP contribution is -2.51. The lowest BCUT2D eigenvalue weighted by Gasteiger charge is -2.31. The summed E-state index contributed by atoms with van der Waals surface area (Å²) in [7, 11) is 0. The number of hydrogen-bond acceptors (Lipinski definition) is 3. The molecule has 3 fully saturated rings. The fraction of sp³-hybridized carbons (Fsp3) is 0.867. The molecule has 0 aromatic carbocycles. The molecule has 3 aliphatic rings. The predicted molar refractivity (Wildman–Crippen MR) is 80.3 cm³/mol. The minimum Gasteiger partial charge on any atom is -0.341 e. The summed E-state index contributed by atoms with van der Waals surface area (Å²) in [6.07, 6.45) is 6.33. The average molecular weight is 296 g/mol. The molecule has 1 aliphatic carbocycles. The second kappa shape index (κ2) is 5.96. The van der Waals surface area contributed by atoms with Gasteiger partial charge in [-0.3, -0.25) is 9.59 Å². The normalized spacial score (nSPS) is 30.1. The maximum Gasteiger partial charge on any atom is 0.246 e. The lowest BCUT2D eigenvalue weighted by molar-refractivity contribution is -0.145. The van der Waals surface area contributed by atoms with Gasteiger partial charge in [-0.25, -0.2) is 0 Å². The third-order valence-corrected chi connectivity index (χ3v) is 5.87. The van der Waals surface area contributed by atoms with E-state index in [4.69, 9.17) is 0 Å². The first kappa shape index (κ1) is 14.2. The van der Waals surface area contributed by atoms with Crippen LogP contribution in [0.15, 0.2) is 0 Å². The number of thioether (sulfide) groups is 1. The van der Waals surface area contributed by atoms with Crippen molar-refractivity contribution >= 4 is 23.6 Å². The van der Waals surface area contributed by atoms with E-state index in [2.05, 4.69) is 6.92 Å². The Morgan fingerprint density at radius 2 is 1.85 bits per heavy atom. The fourth-order valence-corrected chi connectivity index (χ4v) is 4.73. The topological polar surface area (TPSA) is 40.6 Å². The van der Waals surface area contributed by atoms with Crippen LogP contribution in [0, 0.1) is 5.92 Å². The fourth-order valence-electron chi connectivity index (χ4n) is 3.21. The highest BCUT2D eigenvalue weighted by molar-refractivity contribution is 8.00. The summed E-state index contributed by atoms with van der Waals surface area (Å²) in [4.78, 5) is 29.2. The maximum absolute atomic E-state index is 12.7. The highest BCUT2D eigenvalue weighted by atomic mass is 32.2. The largest absolute Gasteiger partial charge is 0.341 e. The van der Waals surface area contributed by atoms with Crippen molar-refractivity contribution in [3.05, 3.63) is 0 Å². The van der Waals surface area contributed by atoms with Gasteiger partial charge in [-0.2, -0.15) is 0 Å². The van der Waals surface area contributed by atoms with Gasteiger partial charge in [-0.05, 0) is 32.1 Å². The van der Waals surface area contributed by atoms with E-state index in [1.165, 1.54) is 0 Å². The number of hydrogen-bond donors (Lipinski definition) is 0. The van der Waals surface area contributed by atoms with Crippen LogP contribution < -0.4 is 0 Å². The molecular weight excluding hydrogens is 272 g/mol. The van der Waals surface area contributed by atoms with Gasteiger partial charge in [0.1, 0.15) is 6.04 Å². The van der Waals surface area contributed by atoms with E-state index in [1.807, 2.05) is 9.80 Å². The van der Waals surface area contributed by atoms with Crippen LogP contribution in [0.3, 0.4) is 0 Å². The third-order valence-electron chi connectivity index (χ3n) is 4.51. The summed E-state index contributed by atoms with van der Waals surface area (Å²) in [6.45, 7) is 3.91. The van der Waals surface area contributed by atoms with Gasteiger partial charge < -0.3 is 9.80 Å². The molecule has 20 heavy (non-hydrogen) atoms. The van der Waals surface area contributed by atoms with Gasteiger partial charge in [0, 0.05) is 24.8 Å². The van der Waals surface area contributed by atoms with Crippen molar-refractivity contribution in [1.29, 1.82) is 0 Å². The van der Waals surface area contributed by atoms with E-state index in [-0.39, 0.29) is 29.1 Å². The molecular formula is C15H24N2O2S. The van der Waals surface area contributed by atoms with Crippen molar-refractivity contribution in [3.63, 3.8) is 0 Å². The van der Waals surface area contributed by atoms with Crippen molar-refractivity contribution in [1.82, 2.24) is 9.80 Å². The van der Waals surface area contributed by atoms with Crippen LogP contribution in [-0.4, -0.2) is 51.9 Å². The molecule has 2 aliphatic heterocycles. The number of nitrogens with zero attached hydrogens (tertiary/aromatic N) is 2. The third kappa shape index (κ3) is 2.69. The Balaban J connectivity index is 1.73. The van der Waals surface area contributed by atoms with Gasteiger partial charge >= 0.3 is 0 Å². The number of likely N-dealkylation sites (tertiary alicyclic amines) is 1. The minimum absolute atomic E-state index is 0.192. The Morgan fingerprint density at radius 1 is 1.15 bits per heavy atom. The van der Waals surface area contributed by atoms with Gasteiger partial charge in [0.05, 0.1) is 5.37 Å². The molecule has 0 bridgehead atoms. The second-order valence-corrected chi connectivity index (χ2v) is 7.36. The van der Waals surface area contributed by atoms with Crippen molar-refractivity contribution < 1.29 is 9.59 Å². The van der Waals surface area contributed by atoms with E-state index in [9.17, 15) is 9.59 Å². The Labute approximate surface area is 125 Å². The smallest absolute Gasteiger partial charge is 0.246 e. The van der Waals surface area contributed by atoms with Crippen LogP contribution in [0.1, 0.15) is 45.4 Å². The Bertz CT molecular complexity index is 391. The second-order valence-electron chi connectivity index (χ2n) is 6.14. The first-order valence-electron chi connectivity index (χ1n) is 7.95. The molecule has 2 heterocycles. The minimum atomic E-state index is -0.192. The molecule has 3 rings (SSSR count). The number of amides is 2. The zero-order valence-corrected chi connectivity index (χ0v) is 13.0. The molecule has 2 atom stereocenters. The molecule has 0 spiro atoms. The van der Waals surface area contributed by atoms with Crippen LogP contribution >= 0.6 is 11.8 Å². The summed E-state index contributed by atoms with van der Waals surface area (Å²) in [5.41, 5.74) is 0.